The number of sulfonamides is 1. The van der Waals surface area contributed by atoms with E-state index in [4.69, 9.17) is 9.88 Å². The minimum Gasteiger partial charge on any atom is -0.361 e. The molecule has 9 heavy (non-hydrogen) atoms. The van der Waals surface area contributed by atoms with Crippen molar-refractivity contribution in [3.63, 3.8) is 0 Å². The monoisotopic (exact) mass is 153 g/mol. The van der Waals surface area contributed by atoms with Crippen LogP contribution in [0, 0.1) is 0 Å². The molecule has 0 amide bonds. The van der Waals surface area contributed by atoms with Crippen LogP contribution in [0.1, 0.15) is 13.8 Å². The zero-order chi connectivity index (χ0) is 7.49. The van der Waals surface area contributed by atoms with Gasteiger partial charge in [-0.05, 0) is 13.8 Å². The predicted octanol–water partition coefficient (Wildman–Crippen LogP) is -0.343. The summed E-state index contributed by atoms with van der Waals surface area (Å²) in [6.07, 6.45) is 0. The first-order valence-corrected chi connectivity index (χ1v) is 4.22. The number of rotatable bonds is 3. The molecule has 0 heterocycles. The van der Waals surface area contributed by atoms with Crippen LogP contribution in [0.15, 0.2) is 0 Å². The molecule has 0 aromatic heterocycles. The summed E-state index contributed by atoms with van der Waals surface area (Å²) in [6.45, 7) is 3.47. The second kappa shape index (κ2) is 3.14. The molecular weight excluding hydrogens is 142 g/mol. The topological polar surface area (TPSA) is 69.4 Å². The van der Waals surface area contributed by atoms with Crippen LogP contribution >= 0.6 is 0 Å². The Labute approximate surface area is 55.0 Å². The number of primary sulfonamides is 1. The summed E-state index contributed by atoms with van der Waals surface area (Å²) in [5.41, 5.74) is -0.887. The van der Waals surface area contributed by atoms with Gasteiger partial charge in [0.15, 0.2) is 5.44 Å². The van der Waals surface area contributed by atoms with Crippen LogP contribution in [0.4, 0.5) is 0 Å². The largest absolute Gasteiger partial charge is 0.361 e. The molecule has 1 atom stereocenters. The summed E-state index contributed by atoms with van der Waals surface area (Å²) in [5, 5.41) is 4.71. The summed E-state index contributed by atoms with van der Waals surface area (Å²) >= 11 is 0. The third kappa shape index (κ3) is 3.45. The Morgan fingerprint density at radius 1 is 1.67 bits per heavy atom. The second-order valence-corrected chi connectivity index (χ2v) is 3.45. The van der Waals surface area contributed by atoms with Gasteiger partial charge in [-0.25, -0.2) is 13.6 Å². The summed E-state index contributed by atoms with van der Waals surface area (Å²) in [6, 6.07) is 0. The Morgan fingerprint density at radius 2 is 2.11 bits per heavy atom. The molecule has 0 saturated carbocycles. The minimum atomic E-state index is -3.49. The predicted molar refractivity (Wildman–Crippen MR) is 34.2 cm³/mol. The van der Waals surface area contributed by atoms with Crippen LogP contribution in [0.25, 0.3) is 0 Å². The van der Waals surface area contributed by atoms with E-state index in [0.29, 0.717) is 6.61 Å². The zero-order valence-corrected chi connectivity index (χ0v) is 6.31. The Balaban J connectivity index is 3.90. The molecule has 0 saturated heterocycles. The van der Waals surface area contributed by atoms with Crippen molar-refractivity contribution in [3.8, 4) is 0 Å². The van der Waals surface area contributed by atoms with Crippen LogP contribution in [0.5, 0.6) is 0 Å². The molecular formula is C4H11NO3S. The molecule has 4 nitrogen and oxygen atoms in total. The number of ether oxygens (including phenoxy) is 1. The molecule has 1 unspecified atom stereocenters. The Hall–Kier alpha value is -0.130. The molecule has 0 aliphatic rings. The van der Waals surface area contributed by atoms with Crippen molar-refractivity contribution < 1.29 is 13.2 Å². The number of hydrogen-bond donors (Lipinski definition) is 1. The lowest BCUT2D eigenvalue weighted by atomic mass is 10.8. The van der Waals surface area contributed by atoms with Gasteiger partial charge in [-0.1, -0.05) is 0 Å². The van der Waals surface area contributed by atoms with Crippen molar-refractivity contribution in [3.05, 3.63) is 0 Å². The average Bonchev–Trinajstić information content (AvgIpc) is 1.64. The number of nitrogens with two attached hydrogens (primary N) is 1. The fraction of sp³-hybridized carbons (Fsp3) is 1.00. The van der Waals surface area contributed by atoms with Gasteiger partial charge in [0.25, 0.3) is 0 Å². The number of hydrogen-bond acceptors (Lipinski definition) is 3. The van der Waals surface area contributed by atoms with Gasteiger partial charge in [0.05, 0.1) is 0 Å². The highest BCUT2D eigenvalue weighted by Gasteiger charge is 2.13. The van der Waals surface area contributed by atoms with E-state index in [1.165, 1.54) is 6.92 Å². The lowest BCUT2D eigenvalue weighted by molar-refractivity contribution is 0.129. The van der Waals surface area contributed by atoms with Gasteiger partial charge < -0.3 is 4.74 Å². The maximum absolute atomic E-state index is 10.4. The van der Waals surface area contributed by atoms with Crippen LogP contribution in [0.2, 0.25) is 0 Å². The third-order valence-corrected chi connectivity index (χ3v) is 1.93. The molecule has 0 spiro atoms. The van der Waals surface area contributed by atoms with Crippen LogP contribution in [-0.4, -0.2) is 20.5 Å². The van der Waals surface area contributed by atoms with Gasteiger partial charge in [0, 0.05) is 6.61 Å². The fourth-order valence-electron chi connectivity index (χ4n) is 0.330. The van der Waals surface area contributed by atoms with Crippen molar-refractivity contribution >= 4 is 10.0 Å². The molecule has 0 radical (unpaired) electrons. The molecule has 0 aromatic carbocycles. The Bertz CT molecular complexity index is 163. The van der Waals surface area contributed by atoms with Gasteiger partial charge in [0.1, 0.15) is 0 Å². The van der Waals surface area contributed by atoms with E-state index in [1.54, 1.807) is 6.92 Å². The molecule has 0 bridgehead atoms. The molecule has 0 aliphatic heterocycles. The van der Waals surface area contributed by atoms with Crippen molar-refractivity contribution in [2.45, 2.75) is 19.3 Å². The molecule has 2 N–H and O–H groups in total. The van der Waals surface area contributed by atoms with E-state index in [9.17, 15) is 8.42 Å². The van der Waals surface area contributed by atoms with Crippen molar-refractivity contribution in [2.75, 3.05) is 6.61 Å². The second-order valence-electron chi connectivity index (χ2n) is 1.61. The van der Waals surface area contributed by atoms with Gasteiger partial charge in [-0.15, -0.1) is 0 Å². The van der Waals surface area contributed by atoms with Gasteiger partial charge >= 0.3 is 0 Å². The SMILES string of the molecule is CCOC(C)S(N)(=O)=O. The first kappa shape index (κ1) is 8.87. The highest BCUT2D eigenvalue weighted by molar-refractivity contribution is 7.89. The minimum absolute atomic E-state index is 0.359. The van der Waals surface area contributed by atoms with Crippen LogP contribution in [0.3, 0.4) is 0 Å². The quantitative estimate of drug-likeness (QED) is 0.603. The average molecular weight is 153 g/mol. The summed E-state index contributed by atoms with van der Waals surface area (Å²) in [5.74, 6) is 0. The van der Waals surface area contributed by atoms with E-state index in [1.807, 2.05) is 0 Å². The zero-order valence-electron chi connectivity index (χ0n) is 5.49. The maximum Gasteiger partial charge on any atom is 0.235 e. The fourth-order valence-corrected chi connectivity index (χ4v) is 0.655. The third-order valence-electron chi connectivity index (χ3n) is 0.864. The van der Waals surface area contributed by atoms with E-state index >= 15 is 0 Å². The smallest absolute Gasteiger partial charge is 0.235 e. The maximum atomic E-state index is 10.4. The molecule has 56 valence electrons. The summed E-state index contributed by atoms with van der Waals surface area (Å²) in [4.78, 5) is 0. The highest BCUT2D eigenvalue weighted by atomic mass is 32.2. The standard InChI is InChI=1S/C4H11NO3S/c1-3-8-4(2)9(5,6)7/h4H,3H2,1-2H3,(H2,5,6,7). The van der Waals surface area contributed by atoms with Crippen molar-refractivity contribution in [1.29, 1.82) is 0 Å². The van der Waals surface area contributed by atoms with Crippen molar-refractivity contribution in [2.24, 2.45) is 5.14 Å². The summed E-state index contributed by atoms with van der Waals surface area (Å²) in [7, 11) is -3.49. The molecule has 0 aliphatic carbocycles. The lowest BCUT2D eigenvalue weighted by Crippen LogP contribution is -2.28. The van der Waals surface area contributed by atoms with Crippen LogP contribution < -0.4 is 5.14 Å². The van der Waals surface area contributed by atoms with Gasteiger partial charge in [0.2, 0.25) is 10.0 Å². The normalized spacial score (nSPS) is 15.4. The molecule has 0 rings (SSSR count). The van der Waals surface area contributed by atoms with E-state index in [-0.39, 0.29) is 0 Å². The highest BCUT2D eigenvalue weighted by Crippen LogP contribution is 1.94. The molecule has 0 aromatic rings. The molecule has 0 fully saturated rings. The molecule has 5 heteroatoms. The van der Waals surface area contributed by atoms with E-state index in [0.717, 1.165) is 0 Å². The van der Waals surface area contributed by atoms with Crippen molar-refractivity contribution in [1.82, 2.24) is 0 Å². The van der Waals surface area contributed by atoms with Gasteiger partial charge in [-0.2, -0.15) is 0 Å². The Morgan fingerprint density at radius 3 is 2.22 bits per heavy atom. The first-order chi connectivity index (χ1) is 3.98. The van der Waals surface area contributed by atoms with Gasteiger partial charge in [-0.3, -0.25) is 0 Å². The lowest BCUT2D eigenvalue weighted by Gasteiger charge is -2.06. The van der Waals surface area contributed by atoms with E-state index < -0.39 is 15.5 Å². The van der Waals surface area contributed by atoms with Crippen LogP contribution in [-0.2, 0) is 14.8 Å². The Kier molecular flexibility index (Phi) is 3.10. The summed E-state index contributed by atoms with van der Waals surface area (Å²) < 4.78 is 25.4. The first-order valence-electron chi connectivity index (χ1n) is 2.61. The van der Waals surface area contributed by atoms with E-state index in [2.05, 4.69) is 0 Å².